The lowest BCUT2D eigenvalue weighted by Crippen LogP contribution is -1.99. The summed E-state index contributed by atoms with van der Waals surface area (Å²) in [7, 11) is 0. The van der Waals surface area contributed by atoms with E-state index in [0.29, 0.717) is 10.9 Å². The molecule has 4 heteroatoms. The molecule has 0 aromatic carbocycles. The Morgan fingerprint density at radius 1 is 1.55 bits per heavy atom. The summed E-state index contributed by atoms with van der Waals surface area (Å²) in [4.78, 5) is 9.82. The molecule has 0 unspecified atom stereocenters. The van der Waals surface area contributed by atoms with Crippen LogP contribution in [-0.2, 0) is 0 Å². The highest BCUT2D eigenvalue weighted by Crippen LogP contribution is 2.10. The van der Waals surface area contributed by atoms with Crippen LogP contribution in [0.3, 0.4) is 0 Å². The van der Waals surface area contributed by atoms with Gasteiger partial charge in [0, 0.05) is 17.0 Å². The second-order valence-corrected chi connectivity index (χ2v) is 2.27. The first-order valence-corrected chi connectivity index (χ1v) is 3.97. The molecule has 0 bridgehead atoms. The summed E-state index contributed by atoms with van der Waals surface area (Å²) < 4.78 is 0. The van der Waals surface area contributed by atoms with Crippen molar-refractivity contribution >= 4 is 15.9 Å². The molecule has 0 N–H and O–H groups in total. The largest absolute Gasteiger partial charge is 0.272 e. The van der Waals surface area contributed by atoms with Gasteiger partial charge in [-0.2, -0.15) is 0 Å². The van der Waals surface area contributed by atoms with Crippen molar-refractivity contribution in [3.8, 4) is 0 Å². The van der Waals surface area contributed by atoms with E-state index in [-0.39, 0.29) is 5.70 Å². The van der Waals surface area contributed by atoms with Crippen molar-refractivity contribution in [3.05, 3.63) is 46.7 Å². The summed E-state index contributed by atoms with van der Waals surface area (Å²) >= 11 is 3.10. The SMILES string of the molecule is C=C/C(CBr)=C(\C=C)[N+](=O)[O-]. The fourth-order valence-electron chi connectivity index (χ4n) is 0.550. The maximum absolute atomic E-state index is 10.3. The quantitative estimate of drug-likeness (QED) is 0.314. The van der Waals surface area contributed by atoms with E-state index in [2.05, 4.69) is 29.1 Å². The second-order valence-electron chi connectivity index (χ2n) is 1.71. The molecular weight excluding hydrogens is 210 g/mol. The third-order valence-corrected chi connectivity index (χ3v) is 1.71. The summed E-state index contributed by atoms with van der Waals surface area (Å²) in [6, 6.07) is 0. The average molecular weight is 218 g/mol. The molecule has 0 aliphatic rings. The van der Waals surface area contributed by atoms with Crippen molar-refractivity contribution < 1.29 is 4.92 Å². The molecule has 0 aromatic heterocycles. The molecule has 0 saturated carbocycles. The maximum Gasteiger partial charge on any atom is 0.272 e. The molecule has 0 amide bonds. The second kappa shape index (κ2) is 4.85. The van der Waals surface area contributed by atoms with Gasteiger partial charge in [0.25, 0.3) is 5.70 Å². The predicted octanol–water partition coefficient (Wildman–Crippen LogP) is 2.28. The molecule has 0 saturated heterocycles. The van der Waals surface area contributed by atoms with E-state index < -0.39 is 4.92 Å². The van der Waals surface area contributed by atoms with Crippen LogP contribution >= 0.6 is 15.9 Å². The third-order valence-electron chi connectivity index (χ3n) is 1.11. The lowest BCUT2D eigenvalue weighted by molar-refractivity contribution is -0.419. The van der Waals surface area contributed by atoms with Crippen LogP contribution in [0.25, 0.3) is 0 Å². The van der Waals surface area contributed by atoms with Crippen LogP contribution in [0.1, 0.15) is 0 Å². The van der Waals surface area contributed by atoms with Crippen LogP contribution < -0.4 is 0 Å². The van der Waals surface area contributed by atoms with E-state index in [1.165, 1.54) is 12.2 Å². The third kappa shape index (κ3) is 2.67. The molecule has 3 nitrogen and oxygen atoms in total. The fraction of sp³-hybridized carbons (Fsp3) is 0.143. The normalized spacial score (nSPS) is 11.7. The highest BCUT2D eigenvalue weighted by Gasteiger charge is 2.09. The first-order chi connectivity index (χ1) is 5.17. The standard InChI is InChI=1S/C7H8BrNO2/c1-3-6(5-8)7(4-2)9(10)11/h3-4H,1-2,5H2/b7-6-. The minimum absolute atomic E-state index is 0.00289. The Balaban J connectivity index is 4.92. The minimum atomic E-state index is -0.481. The van der Waals surface area contributed by atoms with Gasteiger partial charge in [0.15, 0.2) is 0 Å². The fourth-order valence-corrected chi connectivity index (χ4v) is 1.07. The Kier molecular flexibility index (Phi) is 4.45. The van der Waals surface area contributed by atoms with E-state index in [0.717, 1.165) is 0 Å². The highest BCUT2D eigenvalue weighted by atomic mass is 79.9. The van der Waals surface area contributed by atoms with E-state index in [4.69, 9.17) is 0 Å². The molecule has 0 heterocycles. The smallest absolute Gasteiger partial charge is 0.258 e. The van der Waals surface area contributed by atoms with Gasteiger partial charge in [0.2, 0.25) is 0 Å². The lowest BCUT2D eigenvalue weighted by Gasteiger charge is -1.95. The van der Waals surface area contributed by atoms with E-state index in [9.17, 15) is 10.1 Å². The van der Waals surface area contributed by atoms with Gasteiger partial charge < -0.3 is 0 Å². The van der Waals surface area contributed by atoms with Gasteiger partial charge in [-0.3, -0.25) is 10.1 Å². The number of hydrogen-bond acceptors (Lipinski definition) is 2. The molecule has 60 valence electrons. The zero-order valence-electron chi connectivity index (χ0n) is 5.92. The summed E-state index contributed by atoms with van der Waals surface area (Å²) in [6.07, 6.45) is 2.65. The van der Waals surface area contributed by atoms with Crippen molar-refractivity contribution in [1.29, 1.82) is 0 Å². The predicted molar refractivity (Wildman–Crippen MR) is 48.2 cm³/mol. The molecular formula is C7H8BrNO2. The molecule has 0 aromatic rings. The Labute approximate surface area is 73.4 Å². The minimum Gasteiger partial charge on any atom is -0.258 e. The van der Waals surface area contributed by atoms with Gasteiger partial charge in [0.05, 0.1) is 4.92 Å². The van der Waals surface area contributed by atoms with Crippen LogP contribution in [0.2, 0.25) is 0 Å². The van der Waals surface area contributed by atoms with Gasteiger partial charge in [-0.05, 0) is 0 Å². The van der Waals surface area contributed by atoms with Gasteiger partial charge in [-0.15, -0.1) is 0 Å². The number of nitrogens with zero attached hydrogens (tertiary/aromatic N) is 1. The van der Waals surface area contributed by atoms with Crippen LogP contribution in [0.5, 0.6) is 0 Å². The molecule has 11 heavy (non-hydrogen) atoms. The Hall–Kier alpha value is -0.900. The molecule has 0 fully saturated rings. The Bertz CT molecular complexity index is 220. The van der Waals surface area contributed by atoms with Crippen LogP contribution in [0.15, 0.2) is 36.6 Å². The summed E-state index contributed by atoms with van der Waals surface area (Å²) in [5.41, 5.74) is 0.530. The zero-order chi connectivity index (χ0) is 8.85. The van der Waals surface area contributed by atoms with E-state index in [1.807, 2.05) is 0 Å². The molecule has 0 radical (unpaired) electrons. The van der Waals surface area contributed by atoms with E-state index >= 15 is 0 Å². The maximum atomic E-state index is 10.3. The number of allylic oxidation sites excluding steroid dienone is 3. The monoisotopic (exact) mass is 217 g/mol. The van der Waals surface area contributed by atoms with E-state index in [1.54, 1.807) is 0 Å². The van der Waals surface area contributed by atoms with Crippen molar-refractivity contribution in [2.24, 2.45) is 0 Å². The number of alkyl halides is 1. The van der Waals surface area contributed by atoms with Crippen molar-refractivity contribution in [2.45, 2.75) is 0 Å². The van der Waals surface area contributed by atoms with Crippen molar-refractivity contribution in [3.63, 3.8) is 0 Å². The number of rotatable bonds is 4. The molecule has 0 aliphatic heterocycles. The van der Waals surface area contributed by atoms with Gasteiger partial charge >= 0.3 is 0 Å². The Morgan fingerprint density at radius 3 is 2.18 bits per heavy atom. The summed E-state index contributed by atoms with van der Waals surface area (Å²) in [5, 5.41) is 10.7. The molecule has 0 rings (SSSR count). The van der Waals surface area contributed by atoms with Gasteiger partial charge in [0.1, 0.15) is 0 Å². The van der Waals surface area contributed by atoms with Crippen LogP contribution in [0, 0.1) is 10.1 Å². The first-order valence-electron chi connectivity index (χ1n) is 2.85. The van der Waals surface area contributed by atoms with Gasteiger partial charge in [-0.1, -0.05) is 35.2 Å². The number of hydrogen-bond donors (Lipinski definition) is 0. The zero-order valence-corrected chi connectivity index (χ0v) is 7.50. The highest BCUT2D eigenvalue weighted by molar-refractivity contribution is 9.09. The van der Waals surface area contributed by atoms with Crippen molar-refractivity contribution in [1.82, 2.24) is 0 Å². The first kappa shape index (κ1) is 10.1. The molecule has 0 aliphatic carbocycles. The molecule has 0 spiro atoms. The number of nitro groups is 1. The molecule has 0 atom stereocenters. The topological polar surface area (TPSA) is 43.1 Å². The lowest BCUT2D eigenvalue weighted by atomic mass is 10.2. The number of halogens is 1. The summed E-state index contributed by atoms with van der Waals surface area (Å²) in [6.45, 7) is 6.77. The summed E-state index contributed by atoms with van der Waals surface area (Å²) in [5.74, 6) is 0. The van der Waals surface area contributed by atoms with Crippen molar-refractivity contribution in [2.75, 3.05) is 5.33 Å². The van der Waals surface area contributed by atoms with Crippen LogP contribution in [-0.4, -0.2) is 10.3 Å². The van der Waals surface area contributed by atoms with Crippen LogP contribution in [0.4, 0.5) is 0 Å². The average Bonchev–Trinajstić information content (AvgIpc) is 1.99. The van der Waals surface area contributed by atoms with Gasteiger partial charge in [-0.25, -0.2) is 0 Å². The Morgan fingerprint density at radius 2 is 2.09 bits per heavy atom.